The van der Waals surface area contributed by atoms with Crippen molar-refractivity contribution in [3.8, 4) is 11.5 Å². The van der Waals surface area contributed by atoms with Crippen molar-refractivity contribution in [2.45, 2.75) is 13.5 Å². The molecule has 8 heteroatoms. The van der Waals surface area contributed by atoms with Crippen LogP contribution in [0.25, 0.3) is 0 Å². The van der Waals surface area contributed by atoms with Crippen molar-refractivity contribution in [2.24, 2.45) is 5.10 Å². The third-order valence-corrected chi connectivity index (χ3v) is 5.20. The van der Waals surface area contributed by atoms with Crippen LogP contribution in [0.2, 0.25) is 5.02 Å². The van der Waals surface area contributed by atoms with Crippen molar-refractivity contribution in [1.82, 2.24) is 5.32 Å². The van der Waals surface area contributed by atoms with Crippen LogP contribution in [0.15, 0.2) is 76.3 Å². The molecule has 0 saturated heterocycles. The Kier molecular flexibility index (Phi) is 8.95. The molecule has 3 aromatic carbocycles. The molecule has 0 fully saturated rings. The molecule has 0 saturated carbocycles. The first kappa shape index (κ1) is 23.6. The lowest BCUT2D eigenvalue weighted by molar-refractivity contribution is -0.123. The lowest BCUT2D eigenvalue weighted by Crippen LogP contribution is -2.28. The van der Waals surface area contributed by atoms with E-state index in [4.69, 9.17) is 21.1 Å². The number of halogens is 2. The van der Waals surface area contributed by atoms with Gasteiger partial charge in [-0.1, -0.05) is 54.1 Å². The number of amides is 1. The summed E-state index contributed by atoms with van der Waals surface area (Å²) in [6, 6.07) is 20.7. The average molecular weight is 517 g/mol. The van der Waals surface area contributed by atoms with Crippen LogP contribution in [0.1, 0.15) is 18.1 Å². The number of anilines is 1. The van der Waals surface area contributed by atoms with Gasteiger partial charge < -0.3 is 14.8 Å². The first-order valence-electron chi connectivity index (χ1n) is 10.00. The second-order valence-electron chi connectivity index (χ2n) is 6.66. The van der Waals surface area contributed by atoms with Gasteiger partial charge in [0, 0.05) is 6.54 Å². The highest BCUT2D eigenvalue weighted by molar-refractivity contribution is 9.10. The van der Waals surface area contributed by atoms with Crippen LogP contribution in [-0.4, -0.2) is 25.3 Å². The number of ether oxygens (including phenoxy) is 2. The molecule has 0 aliphatic rings. The molecule has 6 nitrogen and oxygen atoms in total. The summed E-state index contributed by atoms with van der Waals surface area (Å²) < 4.78 is 12.1. The van der Waals surface area contributed by atoms with Gasteiger partial charge in [-0.3, -0.25) is 10.2 Å². The molecule has 0 aliphatic heterocycles. The maximum Gasteiger partial charge on any atom is 0.258 e. The molecule has 3 aromatic rings. The van der Waals surface area contributed by atoms with Crippen molar-refractivity contribution >= 4 is 45.3 Å². The highest BCUT2D eigenvalue weighted by atomic mass is 79.9. The van der Waals surface area contributed by atoms with Crippen molar-refractivity contribution in [1.29, 1.82) is 0 Å². The Morgan fingerprint density at radius 3 is 2.59 bits per heavy atom. The number of hydrazone groups is 1. The molecule has 0 heterocycles. The van der Waals surface area contributed by atoms with Crippen LogP contribution in [0.3, 0.4) is 0 Å². The smallest absolute Gasteiger partial charge is 0.258 e. The Morgan fingerprint density at radius 1 is 1.09 bits per heavy atom. The Labute approximate surface area is 200 Å². The van der Waals surface area contributed by atoms with E-state index in [1.54, 1.807) is 18.3 Å². The van der Waals surface area contributed by atoms with Crippen LogP contribution in [0.5, 0.6) is 11.5 Å². The summed E-state index contributed by atoms with van der Waals surface area (Å²) in [7, 11) is 0. The number of carbonyl (C=O) groups is 1. The van der Waals surface area contributed by atoms with Crippen LogP contribution in [0.4, 0.5) is 5.69 Å². The molecule has 0 spiro atoms. The molecule has 0 radical (unpaired) electrons. The summed E-state index contributed by atoms with van der Waals surface area (Å²) >= 11 is 9.63. The number of carbonyl (C=O) groups excluding carboxylic acids is 1. The zero-order valence-electron chi connectivity index (χ0n) is 17.5. The Hall–Kier alpha value is -3.03. The molecule has 0 aromatic heterocycles. The normalized spacial score (nSPS) is 10.7. The van der Waals surface area contributed by atoms with Gasteiger partial charge in [-0.2, -0.15) is 5.10 Å². The monoisotopic (exact) mass is 515 g/mol. The van der Waals surface area contributed by atoms with Gasteiger partial charge >= 0.3 is 0 Å². The summed E-state index contributed by atoms with van der Waals surface area (Å²) in [5, 5.41) is 7.65. The number of nitrogens with zero attached hydrogens (tertiary/aromatic N) is 1. The Morgan fingerprint density at radius 2 is 1.84 bits per heavy atom. The molecular formula is C24H23BrClN3O3. The fourth-order valence-electron chi connectivity index (χ4n) is 2.78. The van der Waals surface area contributed by atoms with Crippen molar-refractivity contribution in [2.75, 3.05) is 18.6 Å². The number of hydrogen-bond acceptors (Lipinski definition) is 5. The van der Waals surface area contributed by atoms with E-state index in [-0.39, 0.29) is 12.5 Å². The van der Waals surface area contributed by atoms with Crippen LogP contribution in [-0.2, 0) is 11.3 Å². The first-order valence-corrected chi connectivity index (χ1v) is 11.2. The van der Waals surface area contributed by atoms with E-state index in [9.17, 15) is 4.79 Å². The predicted molar refractivity (Wildman–Crippen MR) is 132 cm³/mol. The fourth-order valence-corrected chi connectivity index (χ4v) is 3.53. The van der Waals surface area contributed by atoms with Gasteiger partial charge in [0.15, 0.2) is 18.1 Å². The fraction of sp³-hybridized carbons (Fsp3) is 0.167. The van der Waals surface area contributed by atoms with Gasteiger partial charge in [-0.15, -0.1) is 0 Å². The number of rotatable bonds is 10. The van der Waals surface area contributed by atoms with Gasteiger partial charge in [0.05, 0.1) is 28.0 Å². The lowest BCUT2D eigenvalue weighted by Gasteiger charge is -2.14. The maximum atomic E-state index is 12.2. The minimum atomic E-state index is -0.224. The molecule has 1 amide bonds. The van der Waals surface area contributed by atoms with Crippen molar-refractivity contribution in [3.63, 3.8) is 0 Å². The topological polar surface area (TPSA) is 71.9 Å². The molecule has 0 unspecified atom stereocenters. The van der Waals surface area contributed by atoms with E-state index < -0.39 is 0 Å². The van der Waals surface area contributed by atoms with E-state index in [2.05, 4.69) is 31.8 Å². The Balaban J connectivity index is 1.63. The van der Waals surface area contributed by atoms with Crippen LogP contribution in [0, 0.1) is 0 Å². The molecule has 0 bridgehead atoms. The van der Waals surface area contributed by atoms with Crippen LogP contribution < -0.4 is 20.2 Å². The second-order valence-corrected chi connectivity index (χ2v) is 7.93. The summed E-state index contributed by atoms with van der Waals surface area (Å²) in [5.74, 6) is 0.743. The van der Waals surface area contributed by atoms with Crippen molar-refractivity contribution in [3.05, 3.63) is 87.4 Å². The predicted octanol–water partition coefficient (Wildman–Crippen LogP) is 5.64. The van der Waals surface area contributed by atoms with E-state index in [0.717, 1.165) is 11.1 Å². The highest BCUT2D eigenvalue weighted by Crippen LogP contribution is 2.36. The zero-order chi connectivity index (χ0) is 22.8. The van der Waals surface area contributed by atoms with E-state index in [1.165, 1.54) is 0 Å². The molecule has 3 rings (SSSR count). The highest BCUT2D eigenvalue weighted by Gasteiger charge is 2.14. The van der Waals surface area contributed by atoms with Crippen molar-refractivity contribution < 1.29 is 14.3 Å². The minimum Gasteiger partial charge on any atom is -0.490 e. The average Bonchev–Trinajstić information content (AvgIpc) is 2.79. The van der Waals surface area contributed by atoms with Gasteiger partial charge in [-0.05, 0) is 58.2 Å². The molecule has 0 atom stereocenters. The van der Waals surface area contributed by atoms with Gasteiger partial charge in [0.25, 0.3) is 5.91 Å². The quantitative estimate of drug-likeness (QED) is 0.270. The SMILES string of the molecule is CCOc1cc(/C=N/Nc2ccccc2Cl)cc(Br)c1OCC(=O)NCc1ccccc1. The Bertz CT molecular complexity index is 1080. The molecule has 0 aliphatic carbocycles. The van der Waals surface area contributed by atoms with E-state index in [1.807, 2.05) is 61.5 Å². The number of hydrogen-bond donors (Lipinski definition) is 2. The first-order chi connectivity index (χ1) is 15.6. The zero-order valence-corrected chi connectivity index (χ0v) is 19.8. The largest absolute Gasteiger partial charge is 0.490 e. The summed E-state index contributed by atoms with van der Waals surface area (Å²) in [6.45, 7) is 2.63. The third kappa shape index (κ3) is 7.00. The third-order valence-electron chi connectivity index (χ3n) is 4.28. The molecule has 2 N–H and O–H groups in total. The van der Waals surface area contributed by atoms with Gasteiger partial charge in [-0.25, -0.2) is 0 Å². The summed E-state index contributed by atoms with van der Waals surface area (Å²) in [4.78, 5) is 12.2. The number of benzene rings is 3. The standard InChI is InChI=1S/C24H23BrClN3O3/c1-2-31-22-13-18(15-28-29-21-11-7-6-10-20(21)26)12-19(25)24(22)32-16-23(30)27-14-17-8-4-3-5-9-17/h3-13,15,29H,2,14,16H2,1H3,(H,27,30)/b28-15+. The molecular weight excluding hydrogens is 494 g/mol. The number of para-hydroxylation sites is 1. The van der Waals surface area contributed by atoms with E-state index in [0.29, 0.717) is 39.8 Å². The van der Waals surface area contributed by atoms with Crippen LogP contribution >= 0.6 is 27.5 Å². The van der Waals surface area contributed by atoms with E-state index >= 15 is 0 Å². The maximum absolute atomic E-state index is 12.2. The minimum absolute atomic E-state index is 0.132. The molecule has 32 heavy (non-hydrogen) atoms. The summed E-state index contributed by atoms with van der Waals surface area (Å²) in [5.41, 5.74) is 5.41. The lowest BCUT2D eigenvalue weighted by atomic mass is 10.2. The second kappa shape index (κ2) is 12.1. The number of nitrogens with one attached hydrogen (secondary N) is 2. The molecule has 166 valence electrons. The van der Waals surface area contributed by atoms with Gasteiger partial charge in [0.1, 0.15) is 0 Å². The van der Waals surface area contributed by atoms with Gasteiger partial charge in [0.2, 0.25) is 0 Å². The summed E-state index contributed by atoms with van der Waals surface area (Å²) in [6.07, 6.45) is 1.65.